The highest BCUT2D eigenvalue weighted by molar-refractivity contribution is 6.31. The first-order valence-corrected chi connectivity index (χ1v) is 6.87. The predicted molar refractivity (Wildman–Crippen MR) is 78.5 cm³/mol. The van der Waals surface area contributed by atoms with E-state index in [2.05, 4.69) is 4.90 Å². The Balaban J connectivity index is 2.17. The number of nitrogens with two attached hydrogens (primary N) is 1. The van der Waals surface area contributed by atoms with Gasteiger partial charge in [0.2, 0.25) is 0 Å². The number of piperidine rings is 1. The lowest BCUT2D eigenvalue weighted by Gasteiger charge is -2.36. The van der Waals surface area contributed by atoms with E-state index in [9.17, 15) is 4.79 Å². The summed E-state index contributed by atoms with van der Waals surface area (Å²) in [4.78, 5) is 16.5. The highest BCUT2D eigenvalue weighted by Gasteiger charge is 2.26. The van der Waals surface area contributed by atoms with E-state index in [4.69, 9.17) is 17.3 Å². The van der Waals surface area contributed by atoms with Crippen LogP contribution in [-0.4, -0.2) is 48.9 Å². The van der Waals surface area contributed by atoms with Gasteiger partial charge in [0, 0.05) is 29.8 Å². The standard InChI is InChI=1S/C14H20ClN3O/c1-17(2)11-4-3-7-18(9-11)14(19)12-8-10(15)5-6-13(12)16/h5-6,8,11H,3-4,7,9,16H2,1-2H3. The van der Waals surface area contributed by atoms with Gasteiger partial charge in [-0.3, -0.25) is 4.79 Å². The third kappa shape index (κ3) is 3.19. The minimum atomic E-state index is -0.0217. The van der Waals surface area contributed by atoms with Gasteiger partial charge in [-0.2, -0.15) is 0 Å². The topological polar surface area (TPSA) is 49.6 Å². The molecule has 1 atom stereocenters. The maximum absolute atomic E-state index is 12.5. The summed E-state index contributed by atoms with van der Waals surface area (Å²) in [6, 6.07) is 5.45. The van der Waals surface area contributed by atoms with Crippen molar-refractivity contribution in [3.8, 4) is 0 Å². The first-order valence-electron chi connectivity index (χ1n) is 6.50. The SMILES string of the molecule is CN(C)C1CCCN(C(=O)c2cc(Cl)ccc2N)C1. The zero-order chi connectivity index (χ0) is 14.0. The molecule has 0 aromatic heterocycles. The fraction of sp³-hybridized carbons (Fsp3) is 0.500. The molecule has 1 saturated heterocycles. The molecule has 1 aromatic carbocycles. The zero-order valence-corrected chi connectivity index (χ0v) is 12.2. The van der Waals surface area contributed by atoms with E-state index >= 15 is 0 Å². The van der Waals surface area contributed by atoms with Crippen molar-refractivity contribution >= 4 is 23.2 Å². The van der Waals surface area contributed by atoms with Gasteiger partial charge in [-0.1, -0.05) is 11.6 Å². The van der Waals surface area contributed by atoms with Crippen molar-refractivity contribution < 1.29 is 4.79 Å². The molecule has 1 aliphatic rings. The van der Waals surface area contributed by atoms with Crippen LogP contribution in [0.3, 0.4) is 0 Å². The Bertz CT molecular complexity index is 476. The normalized spacial score (nSPS) is 19.8. The molecule has 19 heavy (non-hydrogen) atoms. The van der Waals surface area contributed by atoms with Crippen LogP contribution in [0.4, 0.5) is 5.69 Å². The molecule has 0 aliphatic carbocycles. The van der Waals surface area contributed by atoms with E-state index in [1.807, 2.05) is 19.0 Å². The second kappa shape index (κ2) is 5.80. The van der Waals surface area contributed by atoms with Crippen LogP contribution in [0.15, 0.2) is 18.2 Å². The summed E-state index contributed by atoms with van der Waals surface area (Å²) in [6.07, 6.45) is 2.15. The number of anilines is 1. The summed E-state index contributed by atoms with van der Waals surface area (Å²) in [5.41, 5.74) is 6.87. The number of carbonyl (C=O) groups is 1. The summed E-state index contributed by atoms with van der Waals surface area (Å²) >= 11 is 5.94. The fourth-order valence-corrected chi connectivity index (χ4v) is 2.62. The van der Waals surface area contributed by atoms with Gasteiger partial charge >= 0.3 is 0 Å². The molecular formula is C14H20ClN3O. The van der Waals surface area contributed by atoms with Crippen LogP contribution in [0.25, 0.3) is 0 Å². The van der Waals surface area contributed by atoms with Gasteiger partial charge in [0.1, 0.15) is 0 Å². The number of benzene rings is 1. The molecule has 1 aliphatic heterocycles. The van der Waals surface area contributed by atoms with Crippen molar-refractivity contribution in [1.82, 2.24) is 9.80 Å². The second-order valence-corrected chi connectivity index (χ2v) is 5.68. The van der Waals surface area contributed by atoms with Crippen LogP contribution in [0.5, 0.6) is 0 Å². The number of nitrogen functional groups attached to an aromatic ring is 1. The van der Waals surface area contributed by atoms with Crippen molar-refractivity contribution in [1.29, 1.82) is 0 Å². The fourth-order valence-electron chi connectivity index (χ4n) is 2.44. The minimum Gasteiger partial charge on any atom is -0.398 e. The van der Waals surface area contributed by atoms with Crippen LogP contribution < -0.4 is 5.73 Å². The number of rotatable bonds is 2. The van der Waals surface area contributed by atoms with E-state index in [1.165, 1.54) is 0 Å². The zero-order valence-electron chi connectivity index (χ0n) is 11.4. The van der Waals surface area contributed by atoms with Crippen LogP contribution in [0.1, 0.15) is 23.2 Å². The van der Waals surface area contributed by atoms with E-state index in [-0.39, 0.29) is 5.91 Å². The molecule has 4 nitrogen and oxygen atoms in total. The molecule has 5 heteroatoms. The van der Waals surface area contributed by atoms with Crippen molar-refractivity contribution in [3.63, 3.8) is 0 Å². The third-order valence-corrected chi connectivity index (χ3v) is 3.89. The van der Waals surface area contributed by atoms with Crippen molar-refractivity contribution in [3.05, 3.63) is 28.8 Å². The quantitative estimate of drug-likeness (QED) is 0.845. The molecule has 1 heterocycles. The number of likely N-dealkylation sites (tertiary alicyclic amines) is 1. The molecule has 1 amide bonds. The van der Waals surface area contributed by atoms with Gasteiger partial charge < -0.3 is 15.5 Å². The van der Waals surface area contributed by atoms with Gasteiger partial charge in [-0.05, 0) is 45.1 Å². The lowest BCUT2D eigenvalue weighted by Crippen LogP contribution is -2.47. The molecular weight excluding hydrogens is 262 g/mol. The highest BCUT2D eigenvalue weighted by atomic mass is 35.5. The van der Waals surface area contributed by atoms with E-state index < -0.39 is 0 Å². The molecule has 2 rings (SSSR count). The Morgan fingerprint density at radius 2 is 2.21 bits per heavy atom. The number of hydrogen-bond acceptors (Lipinski definition) is 3. The molecule has 1 aromatic rings. The van der Waals surface area contributed by atoms with Crippen LogP contribution >= 0.6 is 11.6 Å². The summed E-state index contributed by atoms with van der Waals surface area (Å²) in [6.45, 7) is 1.53. The smallest absolute Gasteiger partial charge is 0.256 e. The summed E-state index contributed by atoms with van der Waals surface area (Å²) in [7, 11) is 4.10. The molecule has 0 bridgehead atoms. The van der Waals surface area contributed by atoms with Crippen LogP contribution in [0, 0.1) is 0 Å². The maximum Gasteiger partial charge on any atom is 0.256 e. The van der Waals surface area contributed by atoms with E-state index in [0.29, 0.717) is 22.3 Å². The summed E-state index contributed by atoms with van der Waals surface area (Å²) < 4.78 is 0. The lowest BCUT2D eigenvalue weighted by atomic mass is 10.0. The van der Waals surface area contributed by atoms with Gasteiger partial charge in [-0.25, -0.2) is 0 Å². The Labute approximate surface area is 119 Å². The Kier molecular flexibility index (Phi) is 4.32. The van der Waals surface area contributed by atoms with Gasteiger partial charge in [-0.15, -0.1) is 0 Å². The second-order valence-electron chi connectivity index (χ2n) is 5.24. The van der Waals surface area contributed by atoms with Gasteiger partial charge in [0.05, 0.1) is 5.56 Å². The average Bonchev–Trinajstić information content (AvgIpc) is 2.41. The number of halogens is 1. The molecule has 0 saturated carbocycles. The monoisotopic (exact) mass is 281 g/mol. The molecule has 0 radical (unpaired) electrons. The molecule has 1 fully saturated rings. The Hall–Kier alpha value is -1.26. The molecule has 0 spiro atoms. The lowest BCUT2D eigenvalue weighted by molar-refractivity contribution is 0.0636. The first-order chi connectivity index (χ1) is 8.99. The molecule has 2 N–H and O–H groups in total. The number of amides is 1. The Morgan fingerprint density at radius 3 is 2.89 bits per heavy atom. The van der Waals surface area contributed by atoms with E-state index in [1.54, 1.807) is 18.2 Å². The third-order valence-electron chi connectivity index (χ3n) is 3.66. The van der Waals surface area contributed by atoms with Crippen LogP contribution in [0.2, 0.25) is 5.02 Å². The summed E-state index contributed by atoms with van der Waals surface area (Å²) in [5, 5.41) is 0.540. The van der Waals surface area contributed by atoms with Crippen molar-refractivity contribution in [2.24, 2.45) is 0 Å². The van der Waals surface area contributed by atoms with Gasteiger partial charge in [0.15, 0.2) is 0 Å². The predicted octanol–water partition coefficient (Wildman–Crippen LogP) is 2.09. The first kappa shape index (κ1) is 14.2. The number of nitrogens with zero attached hydrogens (tertiary/aromatic N) is 2. The number of carbonyl (C=O) groups excluding carboxylic acids is 1. The molecule has 104 valence electrons. The largest absolute Gasteiger partial charge is 0.398 e. The van der Waals surface area contributed by atoms with Crippen LogP contribution in [-0.2, 0) is 0 Å². The van der Waals surface area contributed by atoms with E-state index in [0.717, 1.165) is 25.9 Å². The number of hydrogen-bond donors (Lipinski definition) is 1. The molecule has 1 unspecified atom stereocenters. The average molecular weight is 282 g/mol. The summed E-state index contributed by atoms with van der Waals surface area (Å²) in [5.74, 6) is -0.0217. The van der Waals surface area contributed by atoms with Crippen molar-refractivity contribution in [2.75, 3.05) is 32.9 Å². The highest BCUT2D eigenvalue weighted by Crippen LogP contribution is 2.22. The maximum atomic E-state index is 12.5. The Morgan fingerprint density at radius 1 is 1.47 bits per heavy atom. The minimum absolute atomic E-state index is 0.0217. The number of likely N-dealkylation sites (N-methyl/N-ethyl adjacent to an activating group) is 1. The van der Waals surface area contributed by atoms with Crippen molar-refractivity contribution in [2.45, 2.75) is 18.9 Å². The van der Waals surface area contributed by atoms with Gasteiger partial charge in [0.25, 0.3) is 5.91 Å².